The van der Waals surface area contributed by atoms with Gasteiger partial charge in [0.1, 0.15) is 12.6 Å². The second kappa shape index (κ2) is 12.5. The van der Waals surface area contributed by atoms with Gasteiger partial charge in [0, 0.05) is 12.1 Å². The number of carbonyl (C=O) groups is 2. The first-order valence-corrected chi connectivity index (χ1v) is 14.5. The zero-order valence-corrected chi connectivity index (χ0v) is 24.5. The molecule has 0 fully saturated rings. The van der Waals surface area contributed by atoms with Crippen LogP contribution in [-0.4, -0.2) is 49.8 Å². The molecule has 0 aliphatic heterocycles. The van der Waals surface area contributed by atoms with E-state index in [-0.39, 0.29) is 17.3 Å². The van der Waals surface area contributed by atoms with Crippen LogP contribution in [0.15, 0.2) is 83.8 Å². The Morgan fingerprint density at radius 2 is 1.49 bits per heavy atom. The van der Waals surface area contributed by atoms with Gasteiger partial charge in [0.15, 0.2) is 0 Å². The fourth-order valence-electron chi connectivity index (χ4n) is 4.27. The Hall–Kier alpha value is -3.65. The van der Waals surface area contributed by atoms with Crippen molar-refractivity contribution in [3.8, 4) is 0 Å². The van der Waals surface area contributed by atoms with Gasteiger partial charge in [0.25, 0.3) is 10.0 Å². The van der Waals surface area contributed by atoms with Gasteiger partial charge in [0.05, 0.1) is 10.6 Å². The Bertz CT molecular complexity index is 1380. The Kier molecular flexibility index (Phi) is 9.56. The number of benzene rings is 3. The molecule has 8 heteroatoms. The number of sulfonamides is 1. The molecule has 7 nitrogen and oxygen atoms in total. The molecular formula is C31H39N3O4S. The fraction of sp³-hybridized carbons (Fsp3) is 0.355. The van der Waals surface area contributed by atoms with Crippen molar-refractivity contribution in [2.24, 2.45) is 0 Å². The molecule has 2 amide bonds. The zero-order valence-electron chi connectivity index (χ0n) is 23.6. The first-order valence-electron chi connectivity index (χ1n) is 13.1. The molecule has 1 N–H and O–H groups in total. The van der Waals surface area contributed by atoms with Crippen LogP contribution >= 0.6 is 0 Å². The highest BCUT2D eigenvalue weighted by Gasteiger charge is 2.33. The first-order chi connectivity index (χ1) is 18.3. The number of rotatable bonds is 10. The summed E-state index contributed by atoms with van der Waals surface area (Å²) in [7, 11) is -4.08. The number of aryl methyl sites for hydroxylation is 2. The van der Waals surface area contributed by atoms with Crippen molar-refractivity contribution < 1.29 is 18.0 Å². The molecule has 3 aromatic rings. The smallest absolute Gasteiger partial charge is 0.264 e. The Balaban J connectivity index is 2.01. The largest absolute Gasteiger partial charge is 0.350 e. The number of hydrogen-bond acceptors (Lipinski definition) is 4. The maximum absolute atomic E-state index is 14.0. The number of nitrogens with one attached hydrogen (secondary N) is 1. The maximum atomic E-state index is 14.0. The van der Waals surface area contributed by atoms with E-state index < -0.39 is 34.1 Å². The highest BCUT2D eigenvalue weighted by atomic mass is 32.2. The molecule has 0 bridgehead atoms. The molecule has 0 saturated heterocycles. The summed E-state index contributed by atoms with van der Waals surface area (Å²) >= 11 is 0. The van der Waals surface area contributed by atoms with E-state index in [1.54, 1.807) is 31.2 Å². The Morgan fingerprint density at radius 1 is 0.897 bits per heavy atom. The minimum absolute atomic E-state index is 0.0908. The van der Waals surface area contributed by atoms with Crippen molar-refractivity contribution in [3.05, 3.63) is 95.6 Å². The van der Waals surface area contributed by atoms with E-state index in [1.165, 1.54) is 17.0 Å². The van der Waals surface area contributed by atoms with Crippen LogP contribution in [0.2, 0.25) is 0 Å². The SMILES string of the molecule is Cc1ccc(C)c(N(CC(=O)N(CCc2ccccc2)[C@@H](C)C(=O)NC(C)(C)C)S(=O)(=O)c2ccccc2)c1. The third-order valence-electron chi connectivity index (χ3n) is 6.39. The van der Waals surface area contributed by atoms with E-state index >= 15 is 0 Å². The van der Waals surface area contributed by atoms with Gasteiger partial charge in [-0.05, 0) is 82.9 Å². The van der Waals surface area contributed by atoms with Crippen molar-refractivity contribution in [3.63, 3.8) is 0 Å². The van der Waals surface area contributed by atoms with Crippen LogP contribution < -0.4 is 9.62 Å². The van der Waals surface area contributed by atoms with Crippen LogP contribution in [0.5, 0.6) is 0 Å². The fourth-order valence-corrected chi connectivity index (χ4v) is 5.76. The summed E-state index contributed by atoms with van der Waals surface area (Å²) < 4.78 is 29.0. The third kappa shape index (κ3) is 7.93. The first kappa shape index (κ1) is 29.9. The van der Waals surface area contributed by atoms with E-state index in [1.807, 2.05) is 77.1 Å². The van der Waals surface area contributed by atoms with Crippen molar-refractivity contribution in [1.29, 1.82) is 0 Å². The number of carbonyl (C=O) groups excluding carboxylic acids is 2. The van der Waals surface area contributed by atoms with Gasteiger partial charge in [-0.25, -0.2) is 8.42 Å². The van der Waals surface area contributed by atoms with Crippen LogP contribution in [0.4, 0.5) is 5.69 Å². The van der Waals surface area contributed by atoms with E-state index in [9.17, 15) is 18.0 Å². The maximum Gasteiger partial charge on any atom is 0.264 e. The molecule has 3 aromatic carbocycles. The number of nitrogens with zero attached hydrogens (tertiary/aromatic N) is 2. The van der Waals surface area contributed by atoms with E-state index in [0.29, 0.717) is 12.1 Å². The Labute approximate surface area is 232 Å². The summed E-state index contributed by atoms with van der Waals surface area (Å²) in [6.07, 6.45) is 0.522. The van der Waals surface area contributed by atoms with Crippen molar-refractivity contribution >= 4 is 27.5 Å². The average Bonchev–Trinajstić information content (AvgIpc) is 2.89. The highest BCUT2D eigenvalue weighted by Crippen LogP contribution is 2.28. The monoisotopic (exact) mass is 549 g/mol. The van der Waals surface area contributed by atoms with E-state index in [4.69, 9.17) is 0 Å². The number of anilines is 1. The van der Waals surface area contributed by atoms with Gasteiger partial charge in [-0.3, -0.25) is 13.9 Å². The summed E-state index contributed by atoms with van der Waals surface area (Å²) in [4.78, 5) is 28.7. The molecule has 208 valence electrons. The van der Waals surface area contributed by atoms with Crippen molar-refractivity contribution in [2.75, 3.05) is 17.4 Å². The summed E-state index contributed by atoms with van der Waals surface area (Å²) in [5.41, 5.74) is 2.56. The van der Waals surface area contributed by atoms with Crippen LogP contribution in [0, 0.1) is 13.8 Å². The minimum Gasteiger partial charge on any atom is -0.350 e. The minimum atomic E-state index is -4.08. The lowest BCUT2D eigenvalue weighted by Crippen LogP contribution is -2.55. The number of amides is 2. The lowest BCUT2D eigenvalue weighted by molar-refractivity contribution is -0.139. The Morgan fingerprint density at radius 3 is 2.08 bits per heavy atom. The number of hydrogen-bond donors (Lipinski definition) is 1. The molecule has 0 unspecified atom stereocenters. The quantitative estimate of drug-likeness (QED) is 0.391. The van der Waals surface area contributed by atoms with E-state index in [0.717, 1.165) is 21.0 Å². The van der Waals surface area contributed by atoms with Crippen molar-refractivity contribution in [2.45, 2.75) is 64.4 Å². The zero-order chi connectivity index (χ0) is 28.8. The molecule has 3 rings (SSSR count). The predicted molar refractivity (Wildman–Crippen MR) is 156 cm³/mol. The van der Waals surface area contributed by atoms with E-state index in [2.05, 4.69) is 5.32 Å². The van der Waals surface area contributed by atoms with Gasteiger partial charge in [0.2, 0.25) is 11.8 Å². The van der Waals surface area contributed by atoms with Gasteiger partial charge in [-0.2, -0.15) is 0 Å². The second-order valence-corrected chi connectivity index (χ2v) is 12.7. The molecule has 0 spiro atoms. The van der Waals surface area contributed by atoms with Gasteiger partial charge < -0.3 is 10.2 Å². The lowest BCUT2D eigenvalue weighted by Gasteiger charge is -2.34. The predicted octanol–water partition coefficient (Wildman–Crippen LogP) is 4.87. The average molecular weight is 550 g/mol. The van der Waals surface area contributed by atoms with Gasteiger partial charge in [-0.15, -0.1) is 0 Å². The molecule has 39 heavy (non-hydrogen) atoms. The normalized spacial score (nSPS) is 12.5. The molecular weight excluding hydrogens is 510 g/mol. The summed E-state index contributed by atoms with van der Waals surface area (Å²) in [6, 6.07) is 22.5. The van der Waals surface area contributed by atoms with Crippen LogP contribution in [0.3, 0.4) is 0 Å². The lowest BCUT2D eigenvalue weighted by atomic mass is 10.1. The third-order valence-corrected chi connectivity index (χ3v) is 8.17. The molecule has 0 aliphatic rings. The molecule has 0 saturated carbocycles. The second-order valence-electron chi connectivity index (χ2n) is 10.9. The molecule has 0 aromatic heterocycles. The van der Waals surface area contributed by atoms with Gasteiger partial charge in [-0.1, -0.05) is 60.7 Å². The van der Waals surface area contributed by atoms with Crippen LogP contribution in [0.1, 0.15) is 44.4 Å². The molecule has 0 radical (unpaired) electrons. The molecule has 0 heterocycles. The molecule has 1 atom stereocenters. The standard InChI is InChI=1S/C31H39N3O4S/c1-23-17-18-24(2)28(21-23)34(39(37,38)27-15-11-8-12-16-27)22-29(35)33(20-19-26-13-9-7-10-14-26)25(3)30(36)32-31(4,5)6/h7-18,21,25H,19-20,22H2,1-6H3,(H,32,36)/t25-/m0/s1. The highest BCUT2D eigenvalue weighted by molar-refractivity contribution is 7.92. The van der Waals surface area contributed by atoms with Crippen LogP contribution in [0.25, 0.3) is 0 Å². The molecule has 0 aliphatic carbocycles. The van der Waals surface area contributed by atoms with Crippen molar-refractivity contribution in [1.82, 2.24) is 10.2 Å². The topological polar surface area (TPSA) is 86.8 Å². The summed E-state index contributed by atoms with van der Waals surface area (Å²) in [5, 5.41) is 2.95. The van der Waals surface area contributed by atoms with Gasteiger partial charge >= 0.3 is 0 Å². The summed E-state index contributed by atoms with van der Waals surface area (Å²) in [6.45, 7) is 10.8. The summed E-state index contributed by atoms with van der Waals surface area (Å²) in [5.74, 6) is -0.754. The van der Waals surface area contributed by atoms with Crippen LogP contribution in [-0.2, 0) is 26.0 Å².